The van der Waals surface area contributed by atoms with Gasteiger partial charge in [0.05, 0.1) is 4.47 Å². The van der Waals surface area contributed by atoms with Crippen molar-refractivity contribution in [1.82, 2.24) is 10.3 Å². The van der Waals surface area contributed by atoms with Crippen molar-refractivity contribution in [1.29, 1.82) is 0 Å². The summed E-state index contributed by atoms with van der Waals surface area (Å²) in [6.07, 6.45) is 3.11. The molecule has 0 atom stereocenters. The van der Waals surface area contributed by atoms with Crippen molar-refractivity contribution in [3.8, 4) is 0 Å². The van der Waals surface area contributed by atoms with E-state index in [1.54, 1.807) is 0 Å². The maximum atomic E-state index is 4.49. The fraction of sp³-hybridized carbons (Fsp3) is 0.545. The Bertz CT molecular complexity index is 333. The van der Waals surface area contributed by atoms with Crippen molar-refractivity contribution < 1.29 is 0 Å². The van der Waals surface area contributed by atoms with Crippen molar-refractivity contribution in [3.05, 3.63) is 22.3 Å². The van der Waals surface area contributed by atoms with Gasteiger partial charge in [-0.2, -0.15) is 0 Å². The third-order valence-electron chi connectivity index (χ3n) is 2.60. The molecule has 0 saturated carbocycles. The first kappa shape index (κ1) is 10.9. The average Bonchev–Trinajstić information content (AvgIpc) is 2.46. The second-order valence-electron chi connectivity index (χ2n) is 3.91. The Hall–Kier alpha value is -0.610. The average molecular weight is 270 g/mol. The standard InChI is InChI=1S/C11H16BrN3/c1-9-7-10(12)11(14-8-9)15-5-2-3-13-4-6-15/h7-8,13H,2-6H2,1H3. The zero-order valence-electron chi connectivity index (χ0n) is 8.96. The van der Waals surface area contributed by atoms with E-state index >= 15 is 0 Å². The van der Waals surface area contributed by atoms with Gasteiger partial charge >= 0.3 is 0 Å². The van der Waals surface area contributed by atoms with E-state index in [1.807, 2.05) is 6.20 Å². The smallest absolute Gasteiger partial charge is 0.142 e. The highest BCUT2D eigenvalue weighted by Gasteiger charge is 2.13. The molecule has 4 heteroatoms. The summed E-state index contributed by atoms with van der Waals surface area (Å²) in [4.78, 5) is 6.83. The molecule has 0 radical (unpaired) electrons. The van der Waals surface area contributed by atoms with Gasteiger partial charge in [0.25, 0.3) is 0 Å². The summed E-state index contributed by atoms with van der Waals surface area (Å²) in [5.74, 6) is 1.07. The van der Waals surface area contributed by atoms with Crippen LogP contribution in [0.4, 0.5) is 5.82 Å². The number of rotatable bonds is 1. The van der Waals surface area contributed by atoms with E-state index in [0.29, 0.717) is 0 Å². The number of aromatic nitrogens is 1. The first-order chi connectivity index (χ1) is 7.27. The van der Waals surface area contributed by atoms with Gasteiger partial charge in [0.15, 0.2) is 0 Å². The van der Waals surface area contributed by atoms with Gasteiger partial charge < -0.3 is 10.2 Å². The summed E-state index contributed by atoms with van der Waals surface area (Å²) >= 11 is 3.58. The van der Waals surface area contributed by atoms with E-state index in [4.69, 9.17) is 0 Å². The molecule has 0 bridgehead atoms. The Kier molecular flexibility index (Phi) is 3.59. The molecule has 0 aliphatic carbocycles. The topological polar surface area (TPSA) is 28.2 Å². The third kappa shape index (κ3) is 2.69. The molecule has 1 N–H and O–H groups in total. The van der Waals surface area contributed by atoms with E-state index in [-0.39, 0.29) is 0 Å². The molecule has 1 saturated heterocycles. The number of aryl methyl sites for hydroxylation is 1. The molecule has 0 amide bonds. The normalized spacial score (nSPS) is 17.6. The number of pyridine rings is 1. The first-order valence-electron chi connectivity index (χ1n) is 5.35. The lowest BCUT2D eigenvalue weighted by Crippen LogP contribution is -2.28. The summed E-state index contributed by atoms with van der Waals surface area (Å²) in [5, 5.41) is 3.39. The highest BCUT2D eigenvalue weighted by Crippen LogP contribution is 2.24. The molecule has 0 spiro atoms. The molecule has 1 aromatic rings. The quantitative estimate of drug-likeness (QED) is 0.845. The van der Waals surface area contributed by atoms with E-state index in [9.17, 15) is 0 Å². The molecule has 0 aromatic carbocycles. The van der Waals surface area contributed by atoms with Crippen LogP contribution in [0.25, 0.3) is 0 Å². The zero-order chi connectivity index (χ0) is 10.7. The third-order valence-corrected chi connectivity index (χ3v) is 3.18. The van der Waals surface area contributed by atoms with Crippen LogP contribution in [-0.4, -0.2) is 31.2 Å². The Morgan fingerprint density at radius 3 is 3.07 bits per heavy atom. The molecule has 3 nitrogen and oxygen atoms in total. The lowest BCUT2D eigenvalue weighted by atomic mass is 10.3. The van der Waals surface area contributed by atoms with Crippen LogP contribution in [-0.2, 0) is 0 Å². The Balaban J connectivity index is 2.19. The van der Waals surface area contributed by atoms with Crippen LogP contribution in [0.1, 0.15) is 12.0 Å². The van der Waals surface area contributed by atoms with Gasteiger partial charge in [-0.15, -0.1) is 0 Å². The summed E-state index contributed by atoms with van der Waals surface area (Å²) < 4.78 is 1.10. The van der Waals surface area contributed by atoms with Gasteiger partial charge in [-0.25, -0.2) is 4.98 Å². The number of nitrogens with zero attached hydrogens (tertiary/aromatic N) is 2. The van der Waals surface area contributed by atoms with Crippen LogP contribution in [0.2, 0.25) is 0 Å². The lowest BCUT2D eigenvalue weighted by molar-refractivity contribution is 0.724. The highest BCUT2D eigenvalue weighted by molar-refractivity contribution is 9.10. The minimum absolute atomic E-state index is 1.04. The van der Waals surface area contributed by atoms with Crippen LogP contribution in [0.5, 0.6) is 0 Å². The second-order valence-corrected chi connectivity index (χ2v) is 4.76. The molecule has 1 aliphatic rings. The van der Waals surface area contributed by atoms with Crippen molar-refractivity contribution in [2.45, 2.75) is 13.3 Å². The van der Waals surface area contributed by atoms with Gasteiger partial charge in [-0.3, -0.25) is 0 Å². The molecule has 1 fully saturated rings. The molecular formula is C11H16BrN3. The largest absolute Gasteiger partial charge is 0.354 e. The van der Waals surface area contributed by atoms with E-state index in [2.05, 4.69) is 44.1 Å². The minimum atomic E-state index is 1.04. The van der Waals surface area contributed by atoms with Gasteiger partial charge in [-0.1, -0.05) is 0 Å². The minimum Gasteiger partial charge on any atom is -0.354 e. The van der Waals surface area contributed by atoms with E-state index in [0.717, 1.165) is 36.5 Å². The Morgan fingerprint density at radius 2 is 2.27 bits per heavy atom. The molecule has 0 unspecified atom stereocenters. The second kappa shape index (κ2) is 4.94. The van der Waals surface area contributed by atoms with Gasteiger partial charge in [0.1, 0.15) is 5.82 Å². The molecule has 1 aliphatic heterocycles. The predicted molar refractivity (Wildman–Crippen MR) is 66.4 cm³/mol. The zero-order valence-corrected chi connectivity index (χ0v) is 10.5. The maximum absolute atomic E-state index is 4.49. The highest BCUT2D eigenvalue weighted by atomic mass is 79.9. The van der Waals surface area contributed by atoms with Gasteiger partial charge in [-0.05, 0) is 47.4 Å². The van der Waals surface area contributed by atoms with E-state index < -0.39 is 0 Å². The molecule has 2 heterocycles. The number of hydrogen-bond donors (Lipinski definition) is 1. The van der Waals surface area contributed by atoms with Crippen LogP contribution < -0.4 is 10.2 Å². The van der Waals surface area contributed by atoms with Crippen molar-refractivity contribution in [3.63, 3.8) is 0 Å². The van der Waals surface area contributed by atoms with Crippen LogP contribution in [0.3, 0.4) is 0 Å². The van der Waals surface area contributed by atoms with Crippen molar-refractivity contribution >= 4 is 21.7 Å². The van der Waals surface area contributed by atoms with Crippen LogP contribution >= 0.6 is 15.9 Å². The summed E-state index contributed by atoms with van der Waals surface area (Å²) in [6, 6.07) is 2.13. The SMILES string of the molecule is Cc1cnc(N2CCCNCC2)c(Br)c1. The fourth-order valence-electron chi connectivity index (χ4n) is 1.82. The molecule has 82 valence electrons. The van der Waals surface area contributed by atoms with Crippen LogP contribution in [0, 0.1) is 6.92 Å². The van der Waals surface area contributed by atoms with Gasteiger partial charge in [0, 0.05) is 25.8 Å². The number of halogens is 1. The monoisotopic (exact) mass is 269 g/mol. The molecule has 15 heavy (non-hydrogen) atoms. The van der Waals surface area contributed by atoms with Gasteiger partial charge in [0.2, 0.25) is 0 Å². The predicted octanol–water partition coefficient (Wildman–Crippen LogP) is 1.95. The maximum Gasteiger partial charge on any atom is 0.142 e. The number of nitrogens with one attached hydrogen (secondary N) is 1. The molecule has 2 rings (SSSR count). The molecular weight excluding hydrogens is 254 g/mol. The number of anilines is 1. The summed E-state index contributed by atoms with van der Waals surface area (Å²) in [7, 11) is 0. The fourth-order valence-corrected chi connectivity index (χ4v) is 2.53. The molecule has 1 aromatic heterocycles. The Labute approximate surface area is 99.0 Å². The van der Waals surface area contributed by atoms with Crippen LogP contribution in [0.15, 0.2) is 16.7 Å². The first-order valence-corrected chi connectivity index (χ1v) is 6.14. The van der Waals surface area contributed by atoms with Crippen molar-refractivity contribution in [2.24, 2.45) is 0 Å². The summed E-state index contributed by atoms with van der Waals surface area (Å²) in [5.41, 5.74) is 1.19. The lowest BCUT2D eigenvalue weighted by Gasteiger charge is -2.22. The number of hydrogen-bond acceptors (Lipinski definition) is 3. The van der Waals surface area contributed by atoms with E-state index in [1.165, 1.54) is 12.0 Å². The van der Waals surface area contributed by atoms with Crippen molar-refractivity contribution in [2.75, 3.05) is 31.1 Å². The summed E-state index contributed by atoms with van der Waals surface area (Å²) in [6.45, 7) is 6.34. The Morgan fingerprint density at radius 1 is 1.40 bits per heavy atom.